The molecule has 0 heterocycles. The van der Waals surface area contributed by atoms with E-state index in [1.807, 2.05) is 45.9 Å². The molecule has 0 bridgehead atoms. The monoisotopic (exact) mass is 436 g/mol. The molecule has 0 aromatic heterocycles. The zero-order valence-electron chi connectivity index (χ0n) is 17.8. The second-order valence-electron chi connectivity index (χ2n) is 7.49. The number of aryl methyl sites for hydroxylation is 3. The van der Waals surface area contributed by atoms with Crippen molar-refractivity contribution < 1.29 is 13.2 Å². The van der Waals surface area contributed by atoms with Gasteiger partial charge in [0.15, 0.2) is 0 Å². The summed E-state index contributed by atoms with van der Waals surface area (Å²) in [5, 5.41) is 3.42. The van der Waals surface area contributed by atoms with Gasteiger partial charge < -0.3 is 5.32 Å². The third-order valence-corrected chi connectivity index (χ3v) is 6.72. The van der Waals surface area contributed by atoms with Crippen molar-refractivity contribution in [1.82, 2.24) is 5.32 Å². The number of anilines is 1. The van der Waals surface area contributed by atoms with E-state index in [4.69, 9.17) is 11.6 Å². The lowest BCUT2D eigenvalue weighted by molar-refractivity contribution is -0.122. The van der Waals surface area contributed by atoms with Crippen LogP contribution >= 0.6 is 11.6 Å². The molecule has 1 amide bonds. The Morgan fingerprint density at radius 2 is 1.69 bits per heavy atom. The van der Waals surface area contributed by atoms with Gasteiger partial charge in [-0.05, 0) is 68.5 Å². The summed E-state index contributed by atoms with van der Waals surface area (Å²) in [4.78, 5) is 13.1. The van der Waals surface area contributed by atoms with Crippen molar-refractivity contribution in [2.24, 2.45) is 0 Å². The van der Waals surface area contributed by atoms with Crippen LogP contribution in [0.5, 0.6) is 0 Å². The molecule has 0 saturated heterocycles. The molecule has 5 nitrogen and oxygen atoms in total. The summed E-state index contributed by atoms with van der Waals surface area (Å²) in [5.41, 5.74) is 4.51. The Balaban J connectivity index is 2.34. The van der Waals surface area contributed by atoms with Gasteiger partial charge in [-0.25, -0.2) is 8.42 Å². The van der Waals surface area contributed by atoms with Gasteiger partial charge in [0, 0.05) is 5.02 Å². The quantitative estimate of drug-likeness (QED) is 0.684. The minimum atomic E-state index is -3.70. The molecule has 0 radical (unpaired) electrons. The van der Waals surface area contributed by atoms with Crippen LogP contribution in [-0.2, 0) is 14.8 Å². The highest BCUT2D eigenvalue weighted by Crippen LogP contribution is 2.28. The largest absolute Gasteiger partial charge is 0.348 e. The predicted octanol–water partition coefficient (Wildman–Crippen LogP) is 4.69. The van der Waals surface area contributed by atoms with Crippen LogP contribution in [0.4, 0.5) is 5.69 Å². The van der Waals surface area contributed by atoms with Gasteiger partial charge in [-0.3, -0.25) is 9.10 Å². The number of carbonyl (C=O) groups is 1. The van der Waals surface area contributed by atoms with Crippen LogP contribution in [-0.4, -0.2) is 26.6 Å². The van der Waals surface area contributed by atoms with Gasteiger partial charge in [0.2, 0.25) is 15.9 Å². The van der Waals surface area contributed by atoms with Gasteiger partial charge in [0.25, 0.3) is 0 Å². The number of benzene rings is 2. The van der Waals surface area contributed by atoms with E-state index in [1.54, 1.807) is 25.1 Å². The molecular weight excluding hydrogens is 408 g/mol. The van der Waals surface area contributed by atoms with E-state index in [0.717, 1.165) is 27.3 Å². The summed E-state index contributed by atoms with van der Waals surface area (Å²) < 4.78 is 26.3. The molecule has 0 aliphatic heterocycles. The summed E-state index contributed by atoms with van der Waals surface area (Å²) in [6.07, 6.45) is 1.42. The van der Waals surface area contributed by atoms with Gasteiger partial charge in [-0.1, -0.05) is 42.8 Å². The summed E-state index contributed by atoms with van der Waals surface area (Å²) in [6, 6.07) is 9.90. The minimum absolute atomic E-state index is 0.251. The number of hydrogen-bond donors (Lipinski definition) is 1. The maximum atomic E-state index is 13.1. The van der Waals surface area contributed by atoms with Crippen molar-refractivity contribution in [3.63, 3.8) is 0 Å². The predicted molar refractivity (Wildman–Crippen MR) is 120 cm³/mol. The lowest BCUT2D eigenvalue weighted by Crippen LogP contribution is -2.49. The van der Waals surface area contributed by atoms with Crippen LogP contribution in [0.3, 0.4) is 0 Å². The zero-order valence-corrected chi connectivity index (χ0v) is 19.4. The minimum Gasteiger partial charge on any atom is -0.348 e. The topological polar surface area (TPSA) is 66.5 Å². The van der Waals surface area contributed by atoms with E-state index in [-0.39, 0.29) is 11.9 Å². The van der Waals surface area contributed by atoms with Crippen LogP contribution < -0.4 is 9.62 Å². The highest BCUT2D eigenvalue weighted by Gasteiger charge is 2.32. The molecule has 0 spiro atoms. The average molecular weight is 437 g/mol. The Morgan fingerprint density at radius 3 is 2.21 bits per heavy atom. The molecule has 2 aromatic carbocycles. The maximum Gasteiger partial charge on any atom is 0.244 e. The summed E-state index contributed by atoms with van der Waals surface area (Å²) in [5.74, 6) is -0.347. The first-order valence-electron chi connectivity index (χ1n) is 9.58. The smallest absolute Gasteiger partial charge is 0.244 e. The number of nitrogens with one attached hydrogen (secondary N) is 1. The SMILES string of the molecule is CC[C@H](C(=O)N[C@H](C)c1ccc(C)c(C)c1)N(c1ccc(C)c(Cl)c1)S(C)(=O)=O. The van der Waals surface area contributed by atoms with Crippen molar-refractivity contribution in [3.8, 4) is 0 Å². The molecular formula is C22H29ClN2O3S. The Labute approximate surface area is 179 Å². The fourth-order valence-electron chi connectivity index (χ4n) is 3.21. The Bertz CT molecular complexity index is 1010. The van der Waals surface area contributed by atoms with E-state index in [0.29, 0.717) is 17.1 Å². The van der Waals surface area contributed by atoms with E-state index >= 15 is 0 Å². The molecule has 0 fully saturated rings. The molecule has 0 unspecified atom stereocenters. The average Bonchev–Trinajstić information content (AvgIpc) is 2.63. The first kappa shape index (κ1) is 23.2. The lowest BCUT2D eigenvalue weighted by Gasteiger charge is -2.31. The third-order valence-electron chi connectivity index (χ3n) is 5.13. The normalized spacial score (nSPS) is 13.6. The van der Waals surface area contributed by atoms with Crippen LogP contribution in [0.15, 0.2) is 36.4 Å². The van der Waals surface area contributed by atoms with Crippen LogP contribution in [0, 0.1) is 20.8 Å². The Morgan fingerprint density at radius 1 is 1.07 bits per heavy atom. The van der Waals surface area contributed by atoms with Crippen molar-refractivity contribution in [3.05, 3.63) is 63.7 Å². The molecule has 2 rings (SSSR count). The molecule has 158 valence electrons. The molecule has 7 heteroatoms. The van der Waals surface area contributed by atoms with Gasteiger partial charge >= 0.3 is 0 Å². The van der Waals surface area contributed by atoms with Crippen LogP contribution in [0.1, 0.15) is 48.6 Å². The van der Waals surface area contributed by atoms with E-state index in [1.165, 1.54) is 5.56 Å². The summed E-state index contributed by atoms with van der Waals surface area (Å²) in [6.45, 7) is 9.58. The van der Waals surface area contributed by atoms with Crippen molar-refractivity contribution in [2.75, 3.05) is 10.6 Å². The first-order chi connectivity index (χ1) is 13.5. The number of hydrogen-bond acceptors (Lipinski definition) is 3. The molecule has 1 N–H and O–H groups in total. The number of halogens is 1. The second-order valence-corrected chi connectivity index (χ2v) is 9.76. The third kappa shape index (κ3) is 5.52. The zero-order chi connectivity index (χ0) is 21.9. The Hall–Kier alpha value is -2.05. The van der Waals surface area contributed by atoms with Gasteiger partial charge in [-0.2, -0.15) is 0 Å². The van der Waals surface area contributed by atoms with Crippen molar-refractivity contribution in [1.29, 1.82) is 0 Å². The van der Waals surface area contributed by atoms with Gasteiger partial charge in [-0.15, -0.1) is 0 Å². The highest BCUT2D eigenvalue weighted by atomic mass is 35.5. The summed E-state index contributed by atoms with van der Waals surface area (Å²) >= 11 is 6.21. The van der Waals surface area contributed by atoms with Crippen LogP contribution in [0.25, 0.3) is 0 Å². The second kappa shape index (κ2) is 9.18. The summed E-state index contributed by atoms with van der Waals surface area (Å²) in [7, 11) is -3.70. The van der Waals surface area contributed by atoms with Gasteiger partial charge in [0.1, 0.15) is 6.04 Å². The number of nitrogens with zero attached hydrogens (tertiary/aromatic N) is 1. The van der Waals surface area contributed by atoms with Gasteiger partial charge in [0.05, 0.1) is 18.0 Å². The molecule has 0 saturated carbocycles. The van der Waals surface area contributed by atoms with Crippen LogP contribution in [0.2, 0.25) is 5.02 Å². The van der Waals surface area contributed by atoms with E-state index < -0.39 is 16.1 Å². The number of sulfonamides is 1. The standard InChI is InChI=1S/C22H29ClN2O3S/c1-7-21(22(26)24-17(5)18-10-8-14(2)16(4)12-18)25(29(6,27)28)19-11-9-15(3)20(23)13-19/h8-13,17,21H,7H2,1-6H3,(H,24,26)/t17-,21-/m1/s1. The molecule has 2 atom stereocenters. The van der Waals surface area contributed by atoms with Crippen molar-refractivity contribution >= 4 is 33.2 Å². The number of amides is 1. The fourth-order valence-corrected chi connectivity index (χ4v) is 4.58. The molecule has 0 aliphatic carbocycles. The maximum absolute atomic E-state index is 13.1. The number of carbonyl (C=O) groups excluding carboxylic acids is 1. The molecule has 29 heavy (non-hydrogen) atoms. The Kier molecular flexibility index (Phi) is 7.35. The first-order valence-corrected chi connectivity index (χ1v) is 11.8. The van der Waals surface area contributed by atoms with E-state index in [9.17, 15) is 13.2 Å². The lowest BCUT2D eigenvalue weighted by atomic mass is 10.0. The van der Waals surface area contributed by atoms with Crippen molar-refractivity contribution in [2.45, 2.75) is 53.1 Å². The number of rotatable bonds is 7. The molecule has 2 aromatic rings. The van der Waals surface area contributed by atoms with E-state index in [2.05, 4.69) is 5.32 Å². The molecule has 0 aliphatic rings. The fraction of sp³-hybridized carbons (Fsp3) is 0.409. The highest BCUT2D eigenvalue weighted by molar-refractivity contribution is 7.92.